The van der Waals surface area contributed by atoms with Crippen molar-refractivity contribution < 1.29 is 9.84 Å². The van der Waals surface area contributed by atoms with Crippen molar-refractivity contribution in [2.75, 3.05) is 19.8 Å². The van der Waals surface area contributed by atoms with Gasteiger partial charge in [-0.15, -0.1) is 6.58 Å². The highest BCUT2D eigenvalue weighted by Crippen LogP contribution is 1.96. The Morgan fingerprint density at radius 2 is 2.09 bits per heavy atom. The molecule has 2 heteroatoms. The Morgan fingerprint density at radius 1 is 1.36 bits per heavy atom. The van der Waals surface area contributed by atoms with Gasteiger partial charge < -0.3 is 9.84 Å². The maximum atomic E-state index is 8.44. The number of unbranched alkanes of at least 4 members (excludes halogenated alkanes) is 1. The van der Waals surface area contributed by atoms with Crippen LogP contribution in [0.3, 0.4) is 0 Å². The van der Waals surface area contributed by atoms with Crippen molar-refractivity contribution in [3.05, 3.63) is 12.2 Å². The van der Waals surface area contributed by atoms with Gasteiger partial charge in [0.2, 0.25) is 0 Å². The van der Waals surface area contributed by atoms with Crippen molar-refractivity contribution in [2.24, 2.45) is 0 Å². The van der Waals surface area contributed by atoms with E-state index < -0.39 is 0 Å². The molecule has 0 aromatic rings. The van der Waals surface area contributed by atoms with Crippen molar-refractivity contribution in [3.8, 4) is 0 Å². The summed E-state index contributed by atoms with van der Waals surface area (Å²) in [6.45, 7) is 7.56. The van der Waals surface area contributed by atoms with E-state index >= 15 is 0 Å². The number of ether oxygens (including phenoxy) is 1. The van der Waals surface area contributed by atoms with E-state index in [1.165, 1.54) is 0 Å². The van der Waals surface area contributed by atoms with Crippen LogP contribution in [0.25, 0.3) is 0 Å². The van der Waals surface area contributed by atoms with E-state index in [4.69, 9.17) is 9.84 Å². The normalized spacial score (nSPS) is 10.0. The van der Waals surface area contributed by atoms with Crippen LogP contribution < -0.4 is 0 Å². The van der Waals surface area contributed by atoms with Crippen LogP contribution in [0, 0.1) is 0 Å². The summed E-state index contributed by atoms with van der Waals surface area (Å²) in [5.74, 6) is 0. The second-order valence-corrected chi connectivity index (χ2v) is 2.75. The third-order valence-electron chi connectivity index (χ3n) is 1.37. The third-order valence-corrected chi connectivity index (χ3v) is 1.37. The van der Waals surface area contributed by atoms with Crippen molar-refractivity contribution in [3.63, 3.8) is 0 Å². The fraction of sp³-hybridized carbons (Fsp3) is 0.778. The highest BCUT2D eigenvalue weighted by molar-refractivity contribution is 4.86. The van der Waals surface area contributed by atoms with E-state index in [-0.39, 0.29) is 6.61 Å². The molecule has 0 saturated heterocycles. The maximum Gasteiger partial charge on any atom is 0.0502 e. The Bertz CT molecular complexity index is 99.7. The summed E-state index contributed by atoms with van der Waals surface area (Å²) in [4.78, 5) is 0. The van der Waals surface area contributed by atoms with Crippen molar-refractivity contribution in [1.82, 2.24) is 0 Å². The second-order valence-electron chi connectivity index (χ2n) is 2.75. The average Bonchev–Trinajstić information content (AvgIpc) is 1.96. The summed E-state index contributed by atoms with van der Waals surface area (Å²) in [5, 5.41) is 8.44. The van der Waals surface area contributed by atoms with Crippen molar-refractivity contribution in [1.29, 1.82) is 0 Å². The lowest BCUT2D eigenvalue weighted by Gasteiger charge is -2.02. The molecular formula is C9H18O2. The molecule has 0 unspecified atom stereocenters. The van der Waals surface area contributed by atoms with Crippen LogP contribution in [0.1, 0.15) is 26.2 Å². The molecule has 0 amide bonds. The summed E-state index contributed by atoms with van der Waals surface area (Å²) in [5.41, 5.74) is 1.16. The molecule has 0 atom stereocenters. The fourth-order valence-electron chi connectivity index (χ4n) is 0.664. The maximum absolute atomic E-state index is 8.44. The molecule has 0 aromatic heterocycles. The SMILES string of the molecule is C=C(C)CCOCCCCO. The van der Waals surface area contributed by atoms with E-state index in [2.05, 4.69) is 6.58 Å². The summed E-state index contributed by atoms with van der Waals surface area (Å²) < 4.78 is 5.27. The Balaban J connectivity index is 2.85. The van der Waals surface area contributed by atoms with Gasteiger partial charge in [-0.1, -0.05) is 5.57 Å². The minimum Gasteiger partial charge on any atom is -0.396 e. The third kappa shape index (κ3) is 9.66. The number of hydrogen-bond acceptors (Lipinski definition) is 2. The van der Waals surface area contributed by atoms with Gasteiger partial charge in [0.05, 0.1) is 6.61 Å². The van der Waals surface area contributed by atoms with E-state index in [0.717, 1.165) is 38.0 Å². The molecule has 0 aliphatic rings. The van der Waals surface area contributed by atoms with Crippen LogP contribution in [0.15, 0.2) is 12.2 Å². The second kappa shape index (κ2) is 7.76. The predicted molar refractivity (Wildman–Crippen MR) is 46.6 cm³/mol. The first-order valence-corrected chi connectivity index (χ1v) is 4.10. The van der Waals surface area contributed by atoms with Crippen LogP contribution in [0.5, 0.6) is 0 Å². The first-order chi connectivity index (χ1) is 5.27. The summed E-state index contributed by atoms with van der Waals surface area (Å²) in [6, 6.07) is 0. The Labute approximate surface area is 68.9 Å². The Morgan fingerprint density at radius 3 is 2.64 bits per heavy atom. The van der Waals surface area contributed by atoms with Gasteiger partial charge in [-0.05, 0) is 26.2 Å². The molecule has 2 nitrogen and oxygen atoms in total. The lowest BCUT2D eigenvalue weighted by molar-refractivity contribution is 0.128. The zero-order chi connectivity index (χ0) is 8.53. The molecule has 66 valence electrons. The largest absolute Gasteiger partial charge is 0.396 e. The van der Waals surface area contributed by atoms with Crippen LogP contribution in [-0.2, 0) is 4.74 Å². The number of hydrogen-bond donors (Lipinski definition) is 1. The van der Waals surface area contributed by atoms with Gasteiger partial charge in [0.25, 0.3) is 0 Å². The Kier molecular flexibility index (Phi) is 7.52. The van der Waals surface area contributed by atoms with Gasteiger partial charge in [0, 0.05) is 13.2 Å². The molecule has 0 aliphatic carbocycles. The number of aliphatic hydroxyl groups is 1. The molecule has 0 heterocycles. The van der Waals surface area contributed by atoms with Crippen LogP contribution >= 0.6 is 0 Å². The molecule has 0 fully saturated rings. The van der Waals surface area contributed by atoms with Crippen LogP contribution in [0.4, 0.5) is 0 Å². The lowest BCUT2D eigenvalue weighted by atomic mass is 10.3. The Hall–Kier alpha value is -0.340. The molecule has 0 saturated carbocycles. The topological polar surface area (TPSA) is 29.5 Å². The zero-order valence-electron chi connectivity index (χ0n) is 7.31. The molecule has 0 bridgehead atoms. The predicted octanol–water partition coefficient (Wildman–Crippen LogP) is 1.74. The van der Waals surface area contributed by atoms with Crippen molar-refractivity contribution >= 4 is 0 Å². The van der Waals surface area contributed by atoms with Gasteiger partial charge in [-0.3, -0.25) is 0 Å². The molecular weight excluding hydrogens is 140 g/mol. The summed E-state index contributed by atoms with van der Waals surface area (Å²) in [6.07, 6.45) is 2.74. The van der Waals surface area contributed by atoms with Gasteiger partial charge >= 0.3 is 0 Å². The van der Waals surface area contributed by atoms with E-state index in [9.17, 15) is 0 Å². The molecule has 0 rings (SSSR count). The van der Waals surface area contributed by atoms with Crippen LogP contribution in [0.2, 0.25) is 0 Å². The average molecular weight is 158 g/mol. The minimum absolute atomic E-state index is 0.268. The van der Waals surface area contributed by atoms with E-state index in [1.54, 1.807) is 0 Å². The highest BCUT2D eigenvalue weighted by Gasteiger charge is 1.89. The smallest absolute Gasteiger partial charge is 0.0502 e. The molecule has 0 spiro atoms. The standard InChI is InChI=1S/C9H18O2/c1-9(2)5-8-11-7-4-3-6-10/h10H,1,3-8H2,2H3. The van der Waals surface area contributed by atoms with Gasteiger partial charge in [0.1, 0.15) is 0 Å². The monoisotopic (exact) mass is 158 g/mol. The lowest BCUT2D eigenvalue weighted by Crippen LogP contribution is -1.98. The van der Waals surface area contributed by atoms with Gasteiger partial charge in [-0.25, -0.2) is 0 Å². The number of aliphatic hydroxyl groups excluding tert-OH is 1. The first kappa shape index (κ1) is 10.7. The molecule has 0 aliphatic heterocycles. The first-order valence-electron chi connectivity index (χ1n) is 4.10. The molecule has 1 N–H and O–H groups in total. The fourth-order valence-corrected chi connectivity index (χ4v) is 0.664. The van der Waals surface area contributed by atoms with Crippen molar-refractivity contribution in [2.45, 2.75) is 26.2 Å². The molecule has 11 heavy (non-hydrogen) atoms. The summed E-state index contributed by atoms with van der Waals surface area (Å²) in [7, 11) is 0. The van der Waals surface area contributed by atoms with E-state index in [0.29, 0.717) is 0 Å². The molecule has 0 aromatic carbocycles. The summed E-state index contributed by atoms with van der Waals surface area (Å²) >= 11 is 0. The minimum atomic E-state index is 0.268. The zero-order valence-corrected chi connectivity index (χ0v) is 7.31. The van der Waals surface area contributed by atoms with Crippen LogP contribution in [-0.4, -0.2) is 24.9 Å². The molecule has 0 radical (unpaired) electrons. The van der Waals surface area contributed by atoms with Gasteiger partial charge in [-0.2, -0.15) is 0 Å². The van der Waals surface area contributed by atoms with E-state index in [1.807, 2.05) is 6.92 Å². The highest BCUT2D eigenvalue weighted by atomic mass is 16.5. The number of rotatable bonds is 7. The van der Waals surface area contributed by atoms with Gasteiger partial charge in [0.15, 0.2) is 0 Å². The quantitative estimate of drug-likeness (QED) is 0.452.